The van der Waals surface area contributed by atoms with E-state index in [1.54, 1.807) is 6.20 Å². The van der Waals surface area contributed by atoms with Gasteiger partial charge in [-0.2, -0.15) is 0 Å². The lowest BCUT2D eigenvalue weighted by molar-refractivity contribution is 1.36. The van der Waals surface area contributed by atoms with Crippen molar-refractivity contribution in [2.75, 3.05) is 5.73 Å². The molecule has 0 aliphatic carbocycles. The van der Waals surface area contributed by atoms with Gasteiger partial charge in [0.2, 0.25) is 0 Å². The predicted molar refractivity (Wildman–Crippen MR) is 58.6 cm³/mol. The van der Waals surface area contributed by atoms with Crippen LogP contribution in [0, 0.1) is 6.92 Å². The minimum absolute atomic E-state index is 0.559. The number of benzene rings is 1. The highest BCUT2D eigenvalue weighted by atomic mass is 79.9. The maximum absolute atomic E-state index is 5.59. The predicted octanol–water partition coefficient (Wildman–Crippen LogP) is 2.89. The van der Waals surface area contributed by atoms with E-state index in [9.17, 15) is 0 Å². The fourth-order valence-corrected chi connectivity index (χ4v) is 1.66. The van der Waals surface area contributed by atoms with Crippen molar-refractivity contribution in [2.45, 2.75) is 6.92 Å². The van der Waals surface area contributed by atoms with Gasteiger partial charge in [-0.05, 0) is 36.1 Å². The molecule has 2 N–H and O–H groups in total. The van der Waals surface area contributed by atoms with Gasteiger partial charge >= 0.3 is 0 Å². The fraction of sp³-hybridized carbons (Fsp3) is 0.100. The summed E-state index contributed by atoms with van der Waals surface area (Å²) < 4.78 is 1.10. The van der Waals surface area contributed by atoms with Crippen LogP contribution in [0.2, 0.25) is 0 Å². The molecule has 1 aromatic heterocycles. The Morgan fingerprint density at radius 3 is 2.77 bits per heavy atom. The number of halogens is 1. The number of rotatable bonds is 0. The van der Waals surface area contributed by atoms with Gasteiger partial charge in [-0.1, -0.05) is 15.9 Å². The zero-order chi connectivity index (χ0) is 9.42. The van der Waals surface area contributed by atoms with Crippen molar-refractivity contribution in [1.82, 2.24) is 4.98 Å². The summed E-state index contributed by atoms with van der Waals surface area (Å²) in [4.78, 5) is 4.04. The van der Waals surface area contributed by atoms with Crippen LogP contribution in [0.1, 0.15) is 5.56 Å². The molecule has 0 unspecified atom stereocenters. The Kier molecular flexibility index (Phi) is 1.96. The minimum atomic E-state index is 0.559. The second-order valence-corrected chi connectivity index (χ2v) is 3.91. The van der Waals surface area contributed by atoms with Crippen LogP contribution < -0.4 is 5.73 Å². The van der Waals surface area contributed by atoms with Crippen LogP contribution in [0.15, 0.2) is 28.9 Å². The fourth-order valence-electron chi connectivity index (χ4n) is 1.30. The number of aromatic nitrogens is 1. The lowest BCUT2D eigenvalue weighted by Gasteiger charge is -2.02. The first-order valence-corrected chi connectivity index (χ1v) is 4.77. The Labute approximate surface area is 84.9 Å². The summed E-state index contributed by atoms with van der Waals surface area (Å²) in [5.74, 6) is 0.559. The summed E-state index contributed by atoms with van der Waals surface area (Å²) >= 11 is 3.48. The summed E-state index contributed by atoms with van der Waals surface area (Å²) in [6.07, 6.45) is 1.80. The summed E-state index contributed by atoms with van der Waals surface area (Å²) in [6.45, 7) is 2.06. The first-order valence-electron chi connectivity index (χ1n) is 3.98. The maximum atomic E-state index is 5.59. The van der Waals surface area contributed by atoms with Crippen LogP contribution in [0.3, 0.4) is 0 Å². The number of hydrogen-bond acceptors (Lipinski definition) is 2. The molecule has 0 saturated carbocycles. The standard InChI is InChI=1S/C10H9BrN2/c1-6-2-8-5-13-10(12)4-7(8)3-9(6)11/h2-5H,1H3,(H2,12,13). The van der Waals surface area contributed by atoms with Gasteiger partial charge in [0.15, 0.2) is 0 Å². The van der Waals surface area contributed by atoms with Crippen molar-refractivity contribution in [3.05, 3.63) is 34.4 Å². The Bertz CT molecular complexity index is 466. The lowest BCUT2D eigenvalue weighted by Crippen LogP contribution is -1.89. The first-order chi connectivity index (χ1) is 6.16. The quantitative estimate of drug-likeness (QED) is 0.765. The number of fused-ring (bicyclic) bond motifs is 1. The van der Waals surface area contributed by atoms with E-state index in [-0.39, 0.29) is 0 Å². The molecule has 0 radical (unpaired) electrons. The molecule has 2 rings (SSSR count). The summed E-state index contributed by atoms with van der Waals surface area (Å²) in [6, 6.07) is 6.02. The van der Waals surface area contributed by atoms with Gasteiger partial charge in [-0.15, -0.1) is 0 Å². The molecule has 13 heavy (non-hydrogen) atoms. The second-order valence-electron chi connectivity index (χ2n) is 3.06. The van der Waals surface area contributed by atoms with Crippen LogP contribution in [0.4, 0.5) is 5.82 Å². The van der Waals surface area contributed by atoms with Crippen LogP contribution >= 0.6 is 15.9 Å². The van der Waals surface area contributed by atoms with Gasteiger partial charge in [-0.25, -0.2) is 4.98 Å². The van der Waals surface area contributed by atoms with Crippen molar-refractivity contribution in [2.24, 2.45) is 0 Å². The van der Waals surface area contributed by atoms with E-state index in [2.05, 4.69) is 40.0 Å². The number of aryl methyl sites for hydroxylation is 1. The number of nitrogens with two attached hydrogens (primary N) is 1. The number of hydrogen-bond donors (Lipinski definition) is 1. The number of nitrogens with zero attached hydrogens (tertiary/aromatic N) is 1. The average Bonchev–Trinajstić information content (AvgIpc) is 2.08. The maximum Gasteiger partial charge on any atom is 0.123 e. The van der Waals surface area contributed by atoms with Crippen molar-refractivity contribution in [3.8, 4) is 0 Å². The Hall–Kier alpha value is -1.09. The van der Waals surface area contributed by atoms with E-state index in [0.29, 0.717) is 5.82 Å². The van der Waals surface area contributed by atoms with Gasteiger partial charge in [0.1, 0.15) is 5.82 Å². The number of anilines is 1. The second kappa shape index (κ2) is 3.00. The molecule has 66 valence electrons. The molecule has 1 aromatic carbocycles. The van der Waals surface area contributed by atoms with Crippen LogP contribution in [0.25, 0.3) is 10.8 Å². The van der Waals surface area contributed by atoms with E-state index in [4.69, 9.17) is 5.73 Å². The Morgan fingerprint density at radius 2 is 2.00 bits per heavy atom. The normalized spacial score (nSPS) is 10.6. The van der Waals surface area contributed by atoms with Crippen molar-refractivity contribution in [3.63, 3.8) is 0 Å². The monoisotopic (exact) mass is 236 g/mol. The van der Waals surface area contributed by atoms with E-state index in [1.807, 2.05) is 6.07 Å². The van der Waals surface area contributed by atoms with E-state index >= 15 is 0 Å². The lowest BCUT2D eigenvalue weighted by atomic mass is 10.1. The smallest absolute Gasteiger partial charge is 0.123 e. The highest BCUT2D eigenvalue weighted by Gasteiger charge is 1.99. The highest BCUT2D eigenvalue weighted by molar-refractivity contribution is 9.10. The van der Waals surface area contributed by atoms with Crippen molar-refractivity contribution >= 4 is 32.5 Å². The zero-order valence-corrected chi connectivity index (χ0v) is 8.80. The largest absolute Gasteiger partial charge is 0.384 e. The summed E-state index contributed by atoms with van der Waals surface area (Å²) in [5, 5.41) is 2.24. The summed E-state index contributed by atoms with van der Waals surface area (Å²) in [5.41, 5.74) is 6.79. The van der Waals surface area contributed by atoms with Gasteiger partial charge < -0.3 is 5.73 Å². The molecule has 0 fully saturated rings. The molecule has 2 nitrogen and oxygen atoms in total. The SMILES string of the molecule is Cc1cc2cnc(N)cc2cc1Br. The first kappa shape index (κ1) is 8.51. The average molecular weight is 237 g/mol. The zero-order valence-electron chi connectivity index (χ0n) is 7.21. The van der Waals surface area contributed by atoms with Gasteiger partial charge in [0, 0.05) is 16.1 Å². The summed E-state index contributed by atoms with van der Waals surface area (Å²) in [7, 11) is 0. The third-order valence-corrected chi connectivity index (χ3v) is 2.87. The van der Waals surface area contributed by atoms with Crippen molar-refractivity contribution < 1.29 is 0 Å². The van der Waals surface area contributed by atoms with Crippen LogP contribution in [0.5, 0.6) is 0 Å². The van der Waals surface area contributed by atoms with Gasteiger partial charge in [-0.3, -0.25) is 0 Å². The number of nitrogen functional groups attached to an aromatic ring is 1. The van der Waals surface area contributed by atoms with Crippen LogP contribution in [-0.4, -0.2) is 4.98 Å². The van der Waals surface area contributed by atoms with Crippen molar-refractivity contribution in [1.29, 1.82) is 0 Å². The van der Waals surface area contributed by atoms with E-state index in [1.165, 1.54) is 5.56 Å². The van der Waals surface area contributed by atoms with Gasteiger partial charge in [0.05, 0.1) is 0 Å². The molecular weight excluding hydrogens is 228 g/mol. The molecule has 0 aliphatic heterocycles. The molecule has 0 bridgehead atoms. The third kappa shape index (κ3) is 1.52. The van der Waals surface area contributed by atoms with E-state index in [0.717, 1.165) is 15.2 Å². The highest BCUT2D eigenvalue weighted by Crippen LogP contribution is 2.24. The molecule has 0 saturated heterocycles. The molecule has 0 amide bonds. The molecule has 1 heterocycles. The molecule has 3 heteroatoms. The molecule has 0 aliphatic rings. The molecule has 0 spiro atoms. The van der Waals surface area contributed by atoms with Gasteiger partial charge in [0.25, 0.3) is 0 Å². The Balaban J connectivity index is 2.81. The molecular formula is C10H9BrN2. The topological polar surface area (TPSA) is 38.9 Å². The molecule has 0 atom stereocenters. The third-order valence-electron chi connectivity index (χ3n) is 2.02. The number of pyridine rings is 1. The molecule has 2 aromatic rings. The Morgan fingerprint density at radius 1 is 1.23 bits per heavy atom. The minimum Gasteiger partial charge on any atom is -0.384 e. The van der Waals surface area contributed by atoms with Crippen LogP contribution in [-0.2, 0) is 0 Å². The van der Waals surface area contributed by atoms with E-state index < -0.39 is 0 Å².